The number of amidine groups is 1. The standard InChI is InChI=1S/C11H15N5O4/c12-10(15-17)8-3-4-9(16(18)19)11(14-8)13-6-7-2-1-5-20-7/h3-4,7,17H,1-2,5-6H2,(H2,12,15)(H,13,14)/t7-/m0/s1. The van der Waals surface area contributed by atoms with Crippen molar-refractivity contribution in [3.63, 3.8) is 0 Å². The Hall–Kier alpha value is -2.42. The van der Waals surface area contributed by atoms with E-state index in [1.165, 1.54) is 12.1 Å². The number of nitrogens with zero attached hydrogens (tertiary/aromatic N) is 3. The normalized spacial score (nSPS) is 19.0. The smallest absolute Gasteiger partial charge is 0.311 e. The van der Waals surface area contributed by atoms with Crippen LogP contribution in [0.2, 0.25) is 0 Å². The molecule has 0 saturated carbocycles. The van der Waals surface area contributed by atoms with Gasteiger partial charge in [-0.05, 0) is 18.9 Å². The highest BCUT2D eigenvalue weighted by Crippen LogP contribution is 2.23. The number of anilines is 1. The molecular weight excluding hydrogens is 266 g/mol. The number of hydrogen-bond acceptors (Lipinski definition) is 7. The minimum absolute atomic E-state index is 0.0175. The average Bonchev–Trinajstić information content (AvgIpc) is 2.97. The number of oxime groups is 1. The van der Waals surface area contributed by atoms with Gasteiger partial charge in [-0.2, -0.15) is 0 Å². The van der Waals surface area contributed by atoms with E-state index in [2.05, 4.69) is 15.5 Å². The van der Waals surface area contributed by atoms with E-state index in [0.29, 0.717) is 13.2 Å². The van der Waals surface area contributed by atoms with Crippen LogP contribution < -0.4 is 11.1 Å². The predicted molar refractivity (Wildman–Crippen MR) is 70.9 cm³/mol. The van der Waals surface area contributed by atoms with E-state index < -0.39 is 4.92 Å². The van der Waals surface area contributed by atoms with Crippen LogP contribution in [-0.4, -0.2) is 40.2 Å². The first-order valence-electron chi connectivity index (χ1n) is 6.10. The van der Waals surface area contributed by atoms with Crippen molar-refractivity contribution in [3.05, 3.63) is 27.9 Å². The molecule has 0 aliphatic carbocycles. The summed E-state index contributed by atoms with van der Waals surface area (Å²) in [5.74, 6) is -0.130. The van der Waals surface area contributed by atoms with Crippen LogP contribution >= 0.6 is 0 Å². The van der Waals surface area contributed by atoms with Gasteiger partial charge in [-0.25, -0.2) is 4.98 Å². The Kier molecular flexibility index (Phi) is 4.31. The fourth-order valence-electron chi connectivity index (χ4n) is 1.94. The molecule has 1 saturated heterocycles. The lowest BCUT2D eigenvalue weighted by Gasteiger charge is -2.12. The fraction of sp³-hybridized carbons (Fsp3) is 0.455. The van der Waals surface area contributed by atoms with Gasteiger partial charge >= 0.3 is 5.69 Å². The third kappa shape index (κ3) is 3.12. The Morgan fingerprint density at radius 1 is 1.70 bits per heavy atom. The van der Waals surface area contributed by atoms with Gasteiger partial charge < -0.3 is 21.0 Å². The molecule has 108 valence electrons. The molecule has 0 unspecified atom stereocenters. The summed E-state index contributed by atoms with van der Waals surface area (Å²) in [7, 11) is 0. The monoisotopic (exact) mass is 281 g/mol. The molecule has 1 aromatic heterocycles. The molecule has 1 fully saturated rings. The quantitative estimate of drug-likeness (QED) is 0.237. The van der Waals surface area contributed by atoms with Crippen molar-refractivity contribution in [1.82, 2.24) is 4.98 Å². The maximum absolute atomic E-state index is 11.0. The second-order valence-electron chi connectivity index (χ2n) is 4.32. The molecule has 4 N–H and O–H groups in total. The molecule has 2 heterocycles. The Bertz CT molecular complexity index is 528. The molecule has 0 bridgehead atoms. The molecule has 1 aliphatic heterocycles. The van der Waals surface area contributed by atoms with Crippen molar-refractivity contribution in [2.24, 2.45) is 10.9 Å². The summed E-state index contributed by atoms with van der Waals surface area (Å²) < 4.78 is 5.43. The summed E-state index contributed by atoms with van der Waals surface area (Å²) in [6, 6.07) is 2.59. The summed E-state index contributed by atoms with van der Waals surface area (Å²) >= 11 is 0. The molecule has 1 aromatic rings. The zero-order valence-electron chi connectivity index (χ0n) is 10.7. The molecule has 9 nitrogen and oxygen atoms in total. The highest BCUT2D eigenvalue weighted by molar-refractivity contribution is 5.95. The largest absolute Gasteiger partial charge is 0.409 e. The summed E-state index contributed by atoms with van der Waals surface area (Å²) in [6.45, 7) is 1.12. The third-order valence-electron chi connectivity index (χ3n) is 2.96. The van der Waals surface area contributed by atoms with Gasteiger partial charge in [0.05, 0.1) is 11.0 Å². The first kappa shape index (κ1) is 14.0. The van der Waals surface area contributed by atoms with Crippen LogP contribution in [0.25, 0.3) is 0 Å². The van der Waals surface area contributed by atoms with Crippen molar-refractivity contribution < 1.29 is 14.9 Å². The molecule has 9 heteroatoms. The molecule has 0 amide bonds. The number of nitrogens with two attached hydrogens (primary N) is 1. The van der Waals surface area contributed by atoms with Crippen LogP contribution in [0.5, 0.6) is 0 Å². The zero-order valence-corrected chi connectivity index (χ0v) is 10.7. The topological polar surface area (TPSA) is 136 Å². The maximum Gasteiger partial charge on any atom is 0.311 e. The average molecular weight is 281 g/mol. The van der Waals surface area contributed by atoms with Crippen molar-refractivity contribution >= 4 is 17.3 Å². The van der Waals surface area contributed by atoms with Crippen LogP contribution in [0.15, 0.2) is 17.3 Å². The summed E-state index contributed by atoms with van der Waals surface area (Å²) in [6.07, 6.45) is 1.90. The van der Waals surface area contributed by atoms with Gasteiger partial charge in [0, 0.05) is 19.2 Å². The van der Waals surface area contributed by atoms with Crippen molar-refractivity contribution in [2.45, 2.75) is 18.9 Å². The highest BCUT2D eigenvalue weighted by atomic mass is 16.6. The molecule has 0 radical (unpaired) electrons. The van der Waals surface area contributed by atoms with Gasteiger partial charge in [-0.1, -0.05) is 5.16 Å². The van der Waals surface area contributed by atoms with Crippen molar-refractivity contribution in [2.75, 3.05) is 18.5 Å². The third-order valence-corrected chi connectivity index (χ3v) is 2.96. The SMILES string of the molecule is NC(=NO)c1ccc([N+](=O)[O-])c(NC[C@@H]2CCCO2)n1. The van der Waals surface area contributed by atoms with Crippen molar-refractivity contribution in [1.29, 1.82) is 0 Å². The molecule has 20 heavy (non-hydrogen) atoms. The Morgan fingerprint density at radius 3 is 3.10 bits per heavy atom. The lowest BCUT2D eigenvalue weighted by atomic mass is 10.2. The van der Waals surface area contributed by atoms with Gasteiger partial charge in [0.2, 0.25) is 5.82 Å². The molecule has 1 aliphatic rings. The molecule has 0 spiro atoms. The lowest BCUT2D eigenvalue weighted by Crippen LogP contribution is -2.21. The number of rotatable bonds is 5. The van der Waals surface area contributed by atoms with E-state index >= 15 is 0 Å². The van der Waals surface area contributed by atoms with E-state index in [0.717, 1.165) is 12.8 Å². The van der Waals surface area contributed by atoms with Gasteiger partial charge in [0.1, 0.15) is 5.69 Å². The molecular formula is C11H15N5O4. The second-order valence-corrected chi connectivity index (χ2v) is 4.32. The fourth-order valence-corrected chi connectivity index (χ4v) is 1.94. The maximum atomic E-state index is 11.0. The number of nitro groups is 1. The second kappa shape index (κ2) is 6.15. The van der Waals surface area contributed by atoms with E-state index in [9.17, 15) is 10.1 Å². The summed E-state index contributed by atoms with van der Waals surface area (Å²) in [4.78, 5) is 14.4. The van der Waals surface area contributed by atoms with E-state index in [-0.39, 0.29) is 29.1 Å². The van der Waals surface area contributed by atoms with Gasteiger partial charge in [-0.3, -0.25) is 10.1 Å². The van der Waals surface area contributed by atoms with Gasteiger partial charge in [0.25, 0.3) is 0 Å². The summed E-state index contributed by atoms with van der Waals surface area (Å²) in [5.41, 5.74) is 5.41. The van der Waals surface area contributed by atoms with Gasteiger partial charge in [-0.15, -0.1) is 0 Å². The molecule has 0 aromatic carbocycles. The van der Waals surface area contributed by atoms with E-state index in [1.54, 1.807) is 0 Å². The number of nitrogens with one attached hydrogen (secondary N) is 1. The van der Waals surface area contributed by atoms with Crippen molar-refractivity contribution in [3.8, 4) is 0 Å². The summed E-state index contributed by atoms with van der Waals surface area (Å²) in [5, 5.41) is 25.3. The minimum atomic E-state index is -0.541. The van der Waals surface area contributed by atoms with E-state index in [1.807, 2.05) is 0 Å². The predicted octanol–water partition coefficient (Wildman–Crippen LogP) is 0.675. The number of hydrogen-bond donors (Lipinski definition) is 3. The number of aromatic nitrogens is 1. The van der Waals surface area contributed by atoms with Crippen LogP contribution in [0.3, 0.4) is 0 Å². The lowest BCUT2D eigenvalue weighted by molar-refractivity contribution is -0.384. The Labute approximate surface area is 114 Å². The van der Waals surface area contributed by atoms with E-state index in [4.69, 9.17) is 15.7 Å². The Morgan fingerprint density at radius 2 is 2.50 bits per heavy atom. The number of pyridine rings is 1. The highest BCUT2D eigenvalue weighted by Gasteiger charge is 2.20. The van der Waals surface area contributed by atoms with Gasteiger partial charge in [0.15, 0.2) is 5.84 Å². The van der Waals surface area contributed by atoms with Crippen LogP contribution in [0, 0.1) is 10.1 Å². The Balaban J connectivity index is 2.19. The molecule has 1 atom stereocenters. The van der Waals surface area contributed by atoms with Crippen LogP contribution in [0.1, 0.15) is 18.5 Å². The first-order valence-corrected chi connectivity index (χ1v) is 6.10. The van der Waals surface area contributed by atoms with Crippen LogP contribution in [0.4, 0.5) is 11.5 Å². The van der Waals surface area contributed by atoms with Crippen LogP contribution in [-0.2, 0) is 4.74 Å². The molecule has 2 rings (SSSR count). The minimum Gasteiger partial charge on any atom is -0.409 e. The first-order chi connectivity index (χ1) is 9.61. The number of ether oxygens (including phenoxy) is 1. The zero-order chi connectivity index (χ0) is 14.5.